The average Bonchev–Trinajstić information content (AvgIpc) is 2.53. The third-order valence-electron chi connectivity index (χ3n) is 3.60. The maximum absolute atomic E-state index is 13.6. The van der Waals surface area contributed by atoms with Crippen molar-refractivity contribution in [1.82, 2.24) is 0 Å². The van der Waals surface area contributed by atoms with Crippen LogP contribution in [0.3, 0.4) is 0 Å². The Bertz CT molecular complexity index is 1030. The van der Waals surface area contributed by atoms with Gasteiger partial charge >= 0.3 is 0 Å². The first kappa shape index (κ1) is 17.1. The molecule has 4 nitrogen and oxygen atoms in total. The third-order valence-corrected chi connectivity index (χ3v) is 4.53. The molecule has 0 fully saturated rings. The molecule has 0 aliphatic carbocycles. The van der Waals surface area contributed by atoms with Crippen LogP contribution in [-0.4, -0.2) is 13.5 Å². The van der Waals surface area contributed by atoms with Crippen LogP contribution in [0.2, 0.25) is 0 Å². The normalized spacial score (nSPS) is 11.5. The van der Waals surface area contributed by atoms with Crippen LogP contribution in [0.15, 0.2) is 59.5 Å². The number of rotatable bonds is 3. The highest BCUT2D eigenvalue weighted by molar-refractivity contribution is 7.89. The van der Waals surface area contributed by atoms with Crippen LogP contribution in [-0.2, 0) is 10.0 Å². The Balaban J connectivity index is 2.20. The Labute approximate surface area is 143 Å². The summed E-state index contributed by atoms with van der Waals surface area (Å²) in [7, 11) is -3.84. The highest BCUT2D eigenvalue weighted by Crippen LogP contribution is 2.39. The quantitative estimate of drug-likeness (QED) is 0.751. The molecule has 0 aromatic heterocycles. The lowest BCUT2D eigenvalue weighted by Gasteiger charge is -2.12. The van der Waals surface area contributed by atoms with Crippen molar-refractivity contribution in [1.29, 1.82) is 0 Å². The van der Waals surface area contributed by atoms with E-state index >= 15 is 0 Å². The minimum Gasteiger partial charge on any atom is -0.507 e. The largest absolute Gasteiger partial charge is 0.507 e. The maximum Gasteiger partial charge on any atom is 0.238 e. The Morgan fingerprint density at radius 2 is 1.52 bits per heavy atom. The fraction of sp³-hybridized carbons (Fsp3) is 0. The lowest BCUT2D eigenvalue weighted by Crippen LogP contribution is -2.11. The van der Waals surface area contributed by atoms with E-state index in [4.69, 9.17) is 5.14 Å². The Kier molecular flexibility index (Phi) is 4.28. The molecule has 0 heterocycles. The van der Waals surface area contributed by atoms with Gasteiger partial charge < -0.3 is 5.11 Å². The summed E-state index contributed by atoms with van der Waals surface area (Å²) >= 11 is 0. The van der Waals surface area contributed by atoms with Crippen LogP contribution >= 0.6 is 0 Å². The maximum atomic E-state index is 13.6. The molecule has 0 aliphatic rings. The number of sulfonamides is 1. The highest BCUT2D eigenvalue weighted by atomic mass is 32.2. The van der Waals surface area contributed by atoms with E-state index in [2.05, 4.69) is 6.07 Å². The second-order valence-corrected chi connectivity index (χ2v) is 6.90. The molecule has 0 atom stereocenters. The predicted octanol–water partition coefficient (Wildman–Crippen LogP) is 3.45. The molecule has 0 saturated heterocycles. The van der Waals surface area contributed by atoms with Gasteiger partial charge in [-0.15, -0.1) is 0 Å². The van der Waals surface area contributed by atoms with Crippen LogP contribution in [0.25, 0.3) is 22.3 Å². The van der Waals surface area contributed by atoms with Crippen molar-refractivity contribution in [3.05, 3.63) is 72.3 Å². The van der Waals surface area contributed by atoms with Gasteiger partial charge in [0.2, 0.25) is 10.0 Å². The summed E-state index contributed by atoms with van der Waals surface area (Å²) in [5.74, 6) is -1.75. The number of halogens is 2. The number of phenols is 1. The lowest BCUT2D eigenvalue weighted by atomic mass is 9.93. The second kappa shape index (κ2) is 6.27. The zero-order valence-corrected chi connectivity index (χ0v) is 13.5. The molecular formula is C18H12F2NO3S. The Morgan fingerprint density at radius 3 is 2.08 bits per heavy atom. The number of hydrogen-bond donors (Lipinski definition) is 2. The van der Waals surface area contributed by atoms with Gasteiger partial charge in [0.1, 0.15) is 17.4 Å². The summed E-state index contributed by atoms with van der Waals surface area (Å²) in [4.78, 5) is -0.0743. The summed E-state index contributed by atoms with van der Waals surface area (Å²) in [6.45, 7) is 0. The second-order valence-electron chi connectivity index (χ2n) is 5.34. The monoisotopic (exact) mass is 360 g/mol. The summed E-state index contributed by atoms with van der Waals surface area (Å²) < 4.78 is 49.8. The number of nitrogens with two attached hydrogens (primary N) is 1. The van der Waals surface area contributed by atoms with Crippen molar-refractivity contribution < 1.29 is 22.3 Å². The predicted molar refractivity (Wildman–Crippen MR) is 89.1 cm³/mol. The molecule has 0 spiro atoms. The molecule has 127 valence electrons. The fourth-order valence-corrected chi connectivity index (χ4v) is 3.03. The van der Waals surface area contributed by atoms with Gasteiger partial charge in [-0.25, -0.2) is 22.3 Å². The van der Waals surface area contributed by atoms with E-state index in [1.54, 1.807) is 0 Å². The van der Waals surface area contributed by atoms with Crippen LogP contribution in [0.4, 0.5) is 8.78 Å². The zero-order chi connectivity index (χ0) is 18.2. The van der Waals surface area contributed by atoms with Crippen molar-refractivity contribution in [2.75, 3.05) is 0 Å². The molecule has 3 aromatic carbocycles. The van der Waals surface area contributed by atoms with Gasteiger partial charge in [-0.3, -0.25) is 0 Å². The molecule has 0 unspecified atom stereocenters. The molecule has 0 amide bonds. The molecule has 3 aromatic rings. The Morgan fingerprint density at radius 1 is 0.920 bits per heavy atom. The number of hydrogen-bond acceptors (Lipinski definition) is 3. The molecule has 25 heavy (non-hydrogen) atoms. The van der Waals surface area contributed by atoms with Gasteiger partial charge in [0, 0.05) is 17.2 Å². The van der Waals surface area contributed by atoms with Gasteiger partial charge in [0.15, 0.2) is 0 Å². The van der Waals surface area contributed by atoms with Gasteiger partial charge in [0.25, 0.3) is 0 Å². The van der Waals surface area contributed by atoms with Gasteiger partial charge in [-0.05, 0) is 47.5 Å². The van der Waals surface area contributed by atoms with E-state index in [9.17, 15) is 22.3 Å². The summed E-state index contributed by atoms with van der Waals surface area (Å²) in [5, 5.41) is 15.3. The minimum absolute atomic E-state index is 0.0743. The van der Waals surface area contributed by atoms with Crippen LogP contribution in [0.5, 0.6) is 5.75 Å². The molecule has 0 bridgehead atoms. The molecule has 1 radical (unpaired) electrons. The van der Waals surface area contributed by atoms with E-state index in [0.717, 1.165) is 18.2 Å². The first-order valence-electron chi connectivity index (χ1n) is 7.09. The smallest absolute Gasteiger partial charge is 0.238 e. The topological polar surface area (TPSA) is 80.4 Å². The van der Waals surface area contributed by atoms with E-state index in [0.29, 0.717) is 11.1 Å². The molecule has 3 N–H and O–H groups in total. The lowest BCUT2D eigenvalue weighted by molar-refractivity contribution is 0.477. The number of benzene rings is 3. The Hall–Kier alpha value is -2.77. The molecular weight excluding hydrogens is 348 g/mol. The zero-order valence-electron chi connectivity index (χ0n) is 12.7. The summed E-state index contributed by atoms with van der Waals surface area (Å²) in [6.07, 6.45) is 0. The molecule has 0 saturated carbocycles. The van der Waals surface area contributed by atoms with E-state index in [1.165, 1.54) is 36.4 Å². The number of primary sulfonamides is 1. The number of aromatic hydroxyl groups is 1. The van der Waals surface area contributed by atoms with Crippen molar-refractivity contribution in [2.45, 2.75) is 4.90 Å². The minimum atomic E-state index is -3.84. The summed E-state index contributed by atoms with van der Waals surface area (Å²) in [5.41, 5.74) is 1.19. The van der Waals surface area contributed by atoms with E-state index < -0.39 is 21.7 Å². The third kappa shape index (κ3) is 3.52. The van der Waals surface area contributed by atoms with Crippen molar-refractivity contribution >= 4 is 10.0 Å². The van der Waals surface area contributed by atoms with Crippen LogP contribution < -0.4 is 5.14 Å². The van der Waals surface area contributed by atoms with Gasteiger partial charge in [-0.2, -0.15) is 0 Å². The number of phenolic OH excluding ortho intramolecular Hbond substituents is 1. The van der Waals surface area contributed by atoms with Crippen LogP contribution in [0.1, 0.15) is 0 Å². The van der Waals surface area contributed by atoms with Gasteiger partial charge in [-0.1, -0.05) is 18.2 Å². The standard InChI is InChI=1S/C18H12F2NO3S/c19-13-8-12(9-14(20)10-13)18-16(2-1-3-17(18)22)11-4-6-15(7-5-11)25(21,23)24/h1,3-10,22H,(H2,21,23,24). The first-order valence-corrected chi connectivity index (χ1v) is 8.64. The van der Waals surface area contributed by atoms with E-state index in [-0.39, 0.29) is 21.8 Å². The average molecular weight is 360 g/mol. The van der Waals surface area contributed by atoms with Crippen molar-refractivity contribution in [3.8, 4) is 28.0 Å². The molecule has 3 rings (SSSR count). The van der Waals surface area contributed by atoms with Crippen molar-refractivity contribution in [2.24, 2.45) is 5.14 Å². The molecule has 0 aliphatic heterocycles. The van der Waals surface area contributed by atoms with Gasteiger partial charge in [0.05, 0.1) is 4.90 Å². The fourth-order valence-electron chi connectivity index (χ4n) is 2.52. The molecule has 7 heteroatoms. The van der Waals surface area contributed by atoms with Crippen LogP contribution in [0, 0.1) is 17.7 Å². The SMILES string of the molecule is NS(=O)(=O)c1ccc(-c2[c]ccc(O)c2-c2cc(F)cc(F)c2)cc1. The van der Waals surface area contributed by atoms with Crippen molar-refractivity contribution in [3.63, 3.8) is 0 Å². The highest BCUT2D eigenvalue weighted by Gasteiger charge is 2.15. The van der Waals surface area contributed by atoms with E-state index in [1.807, 2.05) is 0 Å². The summed E-state index contributed by atoms with van der Waals surface area (Å²) in [6, 6.07) is 14.2. The first-order chi connectivity index (χ1) is 11.8.